The van der Waals surface area contributed by atoms with Crippen LogP contribution >= 0.6 is 5.69 Å². The van der Waals surface area contributed by atoms with Crippen molar-refractivity contribution in [1.82, 2.24) is 0 Å². The molecule has 0 heterocycles. The first-order valence-corrected chi connectivity index (χ1v) is 7.45. The van der Waals surface area contributed by atoms with Gasteiger partial charge in [-0.3, -0.25) is 0 Å². The Bertz CT molecular complexity index is 154. The van der Waals surface area contributed by atoms with Gasteiger partial charge in [0.2, 0.25) is 0 Å². The van der Waals surface area contributed by atoms with Gasteiger partial charge in [-0.25, -0.2) is 0 Å². The predicted molar refractivity (Wildman–Crippen MR) is 43.8 cm³/mol. The maximum Gasteiger partial charge on any atom is 1.00 e. The topological polar surface area (TPSA) is 55.3 Å². The molecule has 0 aromatic rings. The molecule has 13 heavy (non-hydrogen) atoms. The average Bonchev–Trinajstić information content (AvgIpc) is 1.80. The average molecular weight is 319 g/mol. The van der Waals surface area contributed by atoms with Crippen LogP contribution < -0.4 is 164 Å². The molecule has 0 aliphatic heterocycles. The molecule has 1 unspecified atom stereocenters. The van der Waals surface area contributed by atoms with Crippen LogP contribution in [0.2, 0.25) is 0 Å². The van der Waals surface area contributed by atoms with Crippen LogP contribution in [0.4, 0.5) is 0 Å². The number of hydrogen-bond donors (Lipinski definition) is 0. The molecule has 0 spiro atoms. The van der Waals surface area contributed by atoms with Gasteiger partial charge in [0.25, 0.3) is 0 Å². The summed E-state index contributed by atoms with van der Waals surface area (Å²) < 4.78 is 4.90. The largest absolute Gasteiger partial charge is 1.00 e. The number of rotatable bonds is 3. The molecule has 0 aromatic heterocycles. The first-order chi connectivity index (χ1) is 4.52. The van der Waals surface area contributed by atoms with Gasteiger partial charge >= 0.3 is 154 Å². The molecule has 3 nitrogen and oxygen atoms in total. The molecule has 0 amide bonds. The van der Waals surface area contributed by atoms with Crippen LogP contribution in [0, 0.1) is 0 Å². The molecule has 0 aliphatic rings. The molecule has 64 valence electrons. The van der Waals surface area contributed by atoms with Crippen molar-refractivity contribution in [1.29, 1.82) is 0 Å². The molecule has 9 heteroatoms. The number of hydrogen-bond acceptors (Lipinski definition) is 4. The molecule has 0 aromatic carbocycles. The quantitative estimate of drug-likeness (QED) is 0.295. The fourth-order valence-corrected chi connectivity index (χ4v) is 4.31. The van der Waals surface area contributed by atoms with Crippen LogP contribution in [0.1, 0.15) is 13.8 Å². The van der Waals surface area contributed by atoms with Crippen molar-refractivity contribution in [2.45, 2.75) is 13.8 Å². The van der Waals surface area contributed by atoms with Gasteiger partial charge in [-0.2, -0.15) is 0 Å². The SMILES string of the molecule is CCOS(CC)=P([O-])([O-])[S-].[K+].[K+].[K+]. The molecule has 0 saturated heterocycles. The first kappa shape index (κ1) is 27.3. The van der Waals surface area contributed by atoms with E-state index >= 15 is 0 Å². The van der Waals surface area contributed by atoms with Crippen molar-refractivity contribution in [3.8, 4) is 0 Å². The third-order valence-electron chi connectivity index (χ3n) is 0.750. The predicted octanol–water partition coefficient (Wildman–Crippen LogP) is -9.47. The fraction of sp³-hybridized carbons (Fsp3) is 1.00. The Hall–Kier alpha value is 5.92. The van der Waals surface area contributed by atoms with Gasteiger partial charge in [0.05, 0.1) is 6.61 Å². The second kappa shape index (κ2) is 16.0. The Labute approximate surface area is 216 Å². The van der Waals surface area contributed by atoms with Gasteiger partial charge in [-0.05, 0) is 6.92 Å². The van der Waals surface area contributed by atoms with Crippen molar-refractivity contribution >= 4 is 28.3 Å². The van der Waals surface area contributed by atoms with E-state index in [9.17, 15) is 9.79 Å². The zero-order chi connectivity index (χ0) is 8.20. The summed E-state index contributed by atoms with van der Waals surface area (Å²) in [7, 11) is -1.03. The molecule has 0 aliphatic carbocycles. The second-order valence-electron chi connectivity index (χ2n) is 1.46. The van der Waals surface area contributed by atoms with Gasteiger partial charge in [0.15, 0.2) is 0 Å². The third-order valence-corrected chi connectivity index (χ3v) is 6.33. The summed E-state index contributed by atoms with van der Waals surface area (Å²) in [6.07, 6.45) is 0. The van der Waals surface area contributed by atoms with Gasteiger partial charge in [-0.15, -0.1) is 10.4 Å². The molecule has 1 atom stereocenters. The first-order valence-electron chi connectivity index (χ1n) is 2.89. The zero-order valence-electron chi connectivity index (χ0n) is 8.90. The molecule has 0 radical (unpaired) electrons. The minimum Gasteiger partial charge on any atom is -0.852 e. The summed E-state index contributed by atoms with van der Waals surface area (Å²) in [6, 6.07) is 0. The molecule has 0 saturated carbocycles. The van der Waals surface area contributed by atoms with E-state index in [0.717, 1.165) is 0 Å². The smallest absolute Gasteiger partial charge is 0.852 e. The van der Waals surface area contributed by atoms with Gasteiger partial charge in [0.1, 0.15) is 0 Å². The monoisotopic (exact) mass is 318 g/mol. The standard InChI is InChI=1S/C4H10O3PS2.3K/c1-3-7-10(4-2)8(5,6)9;;;/h3-4H2,1-2H3;;;/q-3;3*+1. The van der Waals surface area contributed by atoms with E-state index in [1.54, 1.807) is 13.8 Å². The minimum absolute atomic E-state index is 0. The van der Waals surface area contributed by atoms with E-state index in [0.29, 0.717) is 12.4 Å². The minimum atomic E-state index is -3.65. The van der Waals surface area contributed by atoms with Crippen molar-refractivity contribution in [3.05, 3.63) is 0 Å². The van der Waals surface area contributed by atoms with E-state index in [1.165, 1.54) is 0 Å². The second-order valence-corrected chi connectivity index (χ2v) is 8.61. The molecular formula is C4H10K3O3PS2. The Balaban J connectivity index is -0.000000135. The van der Waals surface area contributed by atoms with Crippen molar-refractivity contribution in [2.75, 3.05) is 12.4 Å². The van der Waals surface area contributed by atoms with Crippen LogP contribution in [0.25, 0.3) is 0 Å². The zero-order valence-corrected chi connectivity index (χ0v) is 20.8. The fourth-order valence-electron chi connectivity index (χ4n) is 0.442. The maximum absolute atomic E-state index is 10.7. The van der Waals surface area contributed by atoms with Crippen LogP contribution in [-0.2, 0) is 26.8 Å². The van der Waals surface area contributed by atoms with Crippen LogP contribution in [0.5, 0.6) is 0 Å². The maximum atomic E-state index is 10.7. The summed E-state index contributed by atoms with van der Waals surface area (Å²) in [5, 5.41) is 0. The summed E-state index contributed by atoms with van der Waals surface area (Å²) in [5.74, 6) is 0.456. The molecule has 0 fully saturated rings. The van der Waals surface area contributed by atoms with Crippen LogP contribution in [0.15, 0.2) is 0 Å². The molecule has 0 bridgehead atoms. The normalized spacial score (nSPS) is 11.8. The molecular weight excluding hydrogens is 308 g/mol. The van der Waals surface area contributed by atoms with E-state index in [2.05, 4.69) is 12.2 Å². The van der Waals surface area contributed by atoms with E-state index in [4.69, 9.17) is 4.18 Å². The third kappa shape index (κ3) is 15.9. The van der Waals surface area contributed by atoms with E-state index in [-0.39, 0.29) is 154 Å². The Kier molecular flexibility index (Phi) is 33.5. The van der Waals surface area contributed by atoms with Crippen molar-refractivity contribution in [2.24, 2.45) is 0 Å². The van der Waals surface area contributed by atoms with Crippen molar-refractivity contribution < 1.29 is 168 Å². The van der Waals surface area contributed by atoms with Gasteiger partial charge < -0.3 is 31.9 Å². The van der Waals surface area contributed by atoms with E-state index in [1.807, 2.05) is 0 Å². The summed E-state index contributed by atoms with van der Waals surface area (Å²) >= 11 is 4.26. The van der Waals surface area contributed by atoms with Crippen molar-refractivity contribution in [3.63, 3.8) is 0 Å². The van der Waals surface area contributed by atoms with E-state index < -0.39 is 16.0 Å². The molecule has 0 N–H and O–H groups in total. The molecule has 0 rings (SSSR count). The Morgan fingerprint density at radius 3 is 1.69 bits per heavy atom. The van der Waals surface area contributed by atoms with Gasteiger partial charge in [0, 0.05) is 5.75 Å². The van der Waals surface area contributed by atoms with Gasteiger partial charge in [-0.1, -0.05) is 6.92 Å². The van der Waals surface area contributed by atoms with Crippen LogP contribution in [-0.4, -0.2) is 12.4 Å². The van der Waals surface area contributed by atoms with Crippen LogP contribution in [0.3, 0.4) is 0 Å². The summed E-state index contributed by atoms with van der Waals surface area (Å²) in [6.45, 7) is 3.90. The summed E-state index contributed by atoms with van der Waals surface area (Å²) in [4.78, 5) is 21.4. The summed E-state index contributed by atoms with van der Waals surface area (Å²) in [5.41, 5.74) is -3.65. The Morgan fingerprint density at radius 1 is 1.23 bits per heavy atom. The Morgan fingerprint density at radius 2 is 1.62 bits per heavy atom.